The van der Waals surface area contributed by atoms with Gasteiger partial charge in [-0.25, -0.2) is 4.90 Å². The summed E-state index contributed by atoms with van der Waals surface area (Å²) in [7, 11) is 0. The maximum atomic E-state index is 13.9. The maximum absolute atomic E-state index is 13.9. The van der Waals surface area contributed by atoms with Crippen LogP contribution in [0.3, 0.4) is 0 Å². The van der Waals surface area contributed by atoms with Crippen LogP contribution in [0.1, 0.15) is 27.5 Å². The Bertz CT molecular complexity index is 1820. The molecular weight excluding hydrogens is 603 g/mol. The smallest absolute Gasteiger partial charge is 0.416 e. The highest BCUT2D eigenvalue weighted by molar-refractivity contribution is 8.00. The van der Waals surface area contributed by atoms with E-state index in [1.165, 1.54) is 6.07 Å². The molecule has 1 aromatic heterocycles. The first kappa shape index (κ1) is 28.7. The molecular formula is C30H22F3N3O5S2. The van der Waals surface area contributed by atoms with Crippen LogP contribution in [0.5, 0.6) is 5.75 Å². The zero-order valence-corrected chi connectivity index (χ0v) is 23.9. The van der Waals surface area contributed by atoms with Gasteiger partial charge in [0, 0.05) is 22.0 Å². The molecule has 2 aliphatic rings. The highest BCUT2D eigenvalue weighted by atomic mass is 32.2. The third-order valence-corrected chi connectivity index (χ3v) is 9.57. The Labute approximate surface area is 250 Å². The second-order valence-electron chi connectivity index (χ2n) is 10.1. The Morgan fingerprint density at radius 1 is 1.00 bits per heavy atom. The number of halogens is 3. The van der Waals surface area contributed by atoms with Crippen LogP contribution in [0, 0.1) is 12.8 Å². The minimum absolute atomic E-state index is 0.187. The van der Waals surface area contributed by atoms with Gasteiger partial charge in [-0.3, -0.25) is 19.2 Å². The minimum Gasteiger partial charge on any atom is -0.483 e. The van der Waals surface area contributed by atoms with Crippen molar-refractivity contribution in [2.45, 2.75) is 29.3 Å². The van der Waals surface area contributed by atoms with Crippen molar-refractivity contribution in [2.75, 3.05) is 16.8 Å². The number of ether oxygens (including phenoxy) is 1. The number of thioether (sulfide) groups is 1. The molecule has 3 amide bonds. The average molecular weight is 626 g/mol. The molecule has 3 unspecified atom stereocenters. The second-order valence-corrected chi connectivity index (χ2v) is 12.2. The zero-order valence-electron chi connectivity index (χ0n) is 22.3. The fourth-order valence-electron chi connectivity index (χ4n) is 5.36. The third kappa shape index (κ3) is 5.45. The molecule has 13 heteroatoms. The Morgan fingerprint density at radius 3 is 2.53 bits per heavy atom. The van der Waals surface area contributed by atoms with Gasteiger partial charge in [-0.1, -0.05) is 59.5 Å². The molecule has 4 aromatic rings. The standard InChI is InChI=1S/C30H22F3N3O5S2/c1-15-6-4-8-17(12-15)34-21(37)14-41-20-11-3-2-10-19(20)22-23-25(42-26-24(22)43-29(40)35-26)28(39)36(27(23)38)18-9-5-7-16(13-18)30(31,32)33/h2-13,22-23,25H,14H2,1H3,(H,34,37)(H,35,40). The molecule has 6 rings (SSSR count). The summed E-state index contributed by atoms with van der Waals surface area (Å²) < 4.78 is 46.3. The number of thiazole rings is 1. The highest BCUT2D eigenvalue weighted by Crippen LogP contribution is 2.54. The van der Waals surface area contributed by atoms with E-state index < -0.39 is 46.5 Å². The maximum Gasteiger partial charge on any atom is 0.416 e. The third-order valence-electron chi connectivity index (χ3n) is 7.17. The van der Waals surface area contributed by atoms with Crippen LogP contribution in [0.15, 0.2) is 82.6 Å². The number of rotatable bonds is 6. The van der Waals surface area contributed by atoms with Crippen molar-refractivity contribution in [2.24, 2.45) is 5.92 Å². The van der Waals surface area contributed by atoms with Gasteiger partial charge in [-0.2, -0.15) is 13.2 Å². The number of fused-ring (bicyclic) bond motifs is 2. The largest absolute Gasteiger partial charge is 0.483 e. The molecule has 0 aliphatic carbocycles. The van der Waals surface area contributed by atoms with Crippen LogP contribution in [0.25, 0.3) is 0 Å². The average Bonchev–Trinajstić information content (AvgIpc) is 3.45. The summed E-state index contributed by atoms with van der Waals surface area (Å²) in [6, 6.07) is 18.0. The van der Waals surface area contributed by atoms with E-state index in [0.29, 0.717) is 21.2 Å². The van der Waals surface area contributed by atoms with E-state index in [0.717, 1.165) is 51.8 Å². The number of anilines is 2. The highest BCUT2D eigenvalue weighted by Gasteiger charge is 2.57. The van der Waals surface area contributed by atoms with Crippen LogP contribution in [0.2, 0.25) is 0 Å². The summed E-state index contributed by atoms with van der Waals surface area (Å²) in [5.74, 6) is -3.41. The lowest BCUT2D eigenvalue weighted by molar-refractivity contribution is -0.137. The number of hydrogen-bond donors (Lipinski definition) is 2. The number of benzene rings is 3. The summed E-state index contributed by atoms with van der Waals surface area (Å²) in [6.07, 6.45) is -4.67. The molecule has 1 saturated heterocycles. The predicted octanol–water partition coefficient (Wildman–Crippen LogP) is 5.58. The Kier molecular flexibility index (Phi) is 7.38. The molecule has 0 radical (unpaired) electrons. The normalized spacial score (nSPS) is 19.6. The number of amides is 3. The van der Waals surface area contributed by atoms with Gasteiger partial charge in [0.2, 0.25) is 11.8 Å². The Morgan fingerprint density at radius 2 is 1.77 bits per heavy atom. The van der Waals surface area contributed by atoms with Gasteiger partial charge in [0.1, 0.15) is 11.0 Å². The van der Waals surface area contributed by atoms with Crippen molar-refractivity contribution < 1.29 is 32.3 Å². The fourth-order valence-corrected chi connectivity index (χ4v) is 7.87. The topological polar surface area (TPSA) is 109 Å². The van der Waals surface area contributed by atoms with Gasteiger partial charge >= 0.3 is 11.0 Å². The van der Waals surface area contributed by atoms with Crippen LogP contribution in [0.4, 0.5) is 24.5 Å². The number of nitrogens with zero attached hydrogens (tertiary/aromatic N) is 1. The predicted molar refractivity (Wildman–Crippen MR) is 156 cm³/mol. The van der Waals surface area contributed by atoms with Crippen LogP contribution in [-0.4, -0.2) is 34.6 Å². The number of hydrogen-bond acceptors (Lipinski definition) is 7. The van der Waals surface area contributed by atoms with Crippen LogP contribution >= 0.6 is 23.1 Å². The van der Waals surface area contributed by atoms with Crippen molar-refractivity contribution in [1.29, 1.82) is 0 Å². The number of aromatic nitrogens is 1. The van der Waals surface area contributed by atoms with E-state index in [4.69, 9.17) is 4.74 Å². The fraction of sp³-hybridized carbons (Fsp3) is 0.200. The molecule has 0 bridgehead atoms. The molecule has 2 N–H and O–H groups in total. The summed E-state index contributed by atoms with van der Waals surface area (Å²) in [6.45, 7) is 1.53. The van der Waals surface area contributed by atoms with Crippen molar-refractivity contribution >= 4 is 52.2 Å². The van der Waals surface area contributed by atoms with Crippen LogP contribution < -0.4 is 19.8 Å². The number of aromatic amines is 1. The molecule has 2 aliphatic heterocycles. The van der Waals surface area contributed by atoms with Gasteiger partial charge in [-0.15, -0.1) is 0 Å². The molecule has 3 atom stereocenters. The van der Waals surface area contributed by atoms with Crippen molar-refractivity contribution in [1.82, 2.24) is 4.98 Å². The summed E-state index contributed by atoms with van der Waals surface area (Å²) >= 11 is 1.90. The zero-order chi connectivity index (χ0) is 30.5. The molecule has 1 fully saturated rings. The van der Waals surface area contributed by atoms with Crippen molar-refractivity contribution in [3.63, 3.8) is 0 Å². The van der Waals surface area contributed by atoms with E-state index in [2.05, 4.69) is 10.3 Å². The number of carbonyl (C=O) groups excluding carboxylic acids is 3. The lowest BCUT2D eigenvalue weighted by Gasteiger charge is -2.30. The molecule has 8 nitrogen and oxygen atoms in total. The SMILES string of the molecule is Cc1cccc(NC(=O)COc2ccccc2C2c3sc(=O)[nH]c3SC3C(=O)N(c4cccc(C(F)(F)F)c4)C(=O)C32)c1. The summed E-state index contributed by atoms with van der Waals surface area (Å²) in [4.78, 5) is 56.3. The van der Waals surface area contributed by atoms with Crippen molar-refractivity contribution in [3.05, 3.63) is 104 Å². The number of H-pyrrole nitrogens is 1. The molecule has 220 valence electrons. The molecule has 3 aromatic carbocycles. The molecule has 43 heavy (non-hydrogen) atoms. The van der Waals surface area contributed by atoms with Gasteiger partial charge in [0.25, 0.3) is 5.91 Å². The first-order valence-corrected chi connectivity index (χ1v) is 14.7. The number of nitrogens with one attached hydrogen (secondary N) is 2. The van der Waals surface area contributed by atoms with Gasteiger partial charge < -0.3 is 15.0 Å². The second kappa shape index (κ2) is 11.0. The number of alkyl halides is 3. The Hall–Kier alpha value is -4.36. The first-order chi connectivity index (χ1) is 20.5. The number of carbonyl (C=O) groups is 3. The van der Waals surface area contributed by atoms with Crippen molar-refractivity contribution in [3.8, 4) is 5.75 Å². The lowest BCUT2D eigenvalue weighted by atomic mass is 9.82. The van der Waals surface area contributed by atoms with Crippen LogP contribution in [-0.2, 0) is 20.6 Å². The van der Waals surface area contributed by atoms with Gasteiger partial charge in [0.05, 0.1) is 22.2 Å². The monoisotopic (exact) mass is 625 g/mol. The minimum atomic E-state index is -4.67. The number of para-hydroxylation sites is 1. The van der Waals surface area contributed by atoms with E-state index in [1.807, 2.05) is 13.0 Å². The molecule has 0 saturated carbocycles. The van der Waals surface area contributed by atoms with E-state index >= 15 is 0 Å². The number of imide groups is 1. The lowest BCUT2D eigenvalue weighted by Crippen LogP contribution is -2.32. The molecule has 3 heterocycles. The quantitative estimate of drug-likeness (QED) is 0.271. The summed E-state index contributed by atoms with van der Waals surface area (Å²) in [5, 5.41) is 2.15. The van der Waals surface area contributed by atoms with E-state index in [-0.39, 0.29) is 22.9 Å². The summed E-state index contributed by atoms with van der Waals surface area (Å²) in [5.41, 5.74) is 0.846. The number of aryl methyl sites for hydroxylation is 1. The first-order valence-electron chi connectivity index (χ1n) is 13.0. The van der Waals surface area contributed by atoms with Gasteiger partial charge in [0.15, 0.2) is 6.61 Å². The van der Waals surface area contributed by atoms with E-state index in [9.17, 15) is 32.3 Å². The molecule has 0 spiro atoms. The van der Waals surface area contributed by atoms with E-state index in [1.54, 1.807) is 42.5 Å². The Balaban J connectivity index is 1.34. The van der Waals surface area contributed by atoms with Gasteiger partial charge in [-0.05, 0) is 48.9 Å².